The van der Waals surface area contributed by atoms with Crippen molar-refractivity contribution in [1.29, 1.82) is 0 Å². The summed E-state index contributed by atoms with van der Waals surface area (Å²) in [6, 6.07) is 13.3. The minimum atomic E-state index is -0.326. The summed E-state index contributed by atoms with van der Waals surface area (Å²) in [4.78, 5) is 36.6. The van der Waals surface area contributed by atoms with Gasteiger partial charge in [0.15, 0.2) is 0 Å². The molecule has 1 saturated heterocycles. The molecule has 3 aromatic rings. The number of amides is 2. The second-order valence-corrected chi connectivity index (χ2v) is 9.13. The fourth-order valence-electron chi connectivity index (χ4n) is 3.71. The van der Waals surface area contributed by atoms with Crippen molar-refractivity contribution in [2.24, 2.45) is 0 Å². The van der Waals surface area contributed by atoms with Gasteiger partial charge in [-0.25, -0.2) is 9.97 Å². The molecule has 184 valence electrons. The highest BCUT2D eigenvalue weighted by molar-refractivity contribution is 8.00. The molecule has 4 rings (SSSR count). The molecule has 0 spiro atoms. The standard InChI is InChI=1S/C25H29N5O4S/c1-17-7-8-21(33-2)20(13-17)28-23(31)14-26-24(32)16-35-25-18-5-3-4-6-19(18)27-22(29-25)15-30-9-11-34-12-10-30/h3-8,13H,9-12,14-16H2,1-2H3,(H,26,32)(H,28,31). The van der Waals surface area contributed by atoms with Gasteiger partial charge >= 0.3 is 0 Å². The SMILES string of the molecule is COc1ccc(C)cc1NC(=O)CNC(=O)CSc1nc(CN2CCOCC2)nc2ccccc12. The van der Waals surface area contributed by atoms with Crippen molar-refractivity contribution in [3.05, 3.63) is 53.9 Å². The van der Waals surface area contributed by atoms with Crippen LogP contribution >= 0.6 is 11.8 Å². The van der Waals surface area contributed by atoms with Crippen LogP contribution in [0.1, 0.15) is 11.4 Å². The number of nitrogens with zero attached hydrogens (tertiary/aromatic N) is 3. The maximum absolute atomic E-state index is 12.5. The van der Waals surface area contributed by atoms with Crippen LogP contribution in [0.2, 0.25) is 0 Å². The van der Waals surface area contributed by atoms with Crippen molar-refractivity contribution in [2.75, 3.05) is 51.0 Å². The number of morpholine rings is 1. The lowest BCUT2D eigenvalue weighted by Crippen LogP contribution is -2.36. The zero-order chi connectivity index (χ0) is 24.6. The first kappa shape index (κ1) is 24.9. The Morgan fingerprint density at radius 1 is 1.11 bits per heavy atom. The van der Waals surface area contributed by atoms with Crippen LogP contribution in [0.4, 0.5) is 5.69 Å². The van der Waals surface area contributed by atoms with E-state index in [0.29, 0.717) is 31.2 Å². The molecule has 1 aliphatic heterocycles. The third-order valence-electron chi connectivity index (χ3n) is 5.50. The van der Waals surface area contributed by atoms with E-state index in [-0.39, 0.29) is 24.1 Å². The lowest BCUT2D eigenvalue weighted by molar-refractivity contribution is -0.122. The first-order valence-corrected chi connectivity index (χ1v) is 12.4. The molecule has 2 N–H and O–H groups in total. The number of para-hydroxylation sites is 1. The number of methoxy groups -OCH3 is 1. The van der Waals surface area contributed by atoms with Gasteiger partial charge in [0.25, 0.3) is 0 Å². The molecule has 35 heavy (non-hydrogen) atoms. The number of carbonyl (C=O) groups is 2. The average molecular weight is 496 g/mol. The first-order chi connectivity index (χ1) is 17.0. The van der Waals surface area contributed by atoms with Gasteiger partial charge in [-0.05, 0) is 30.7 Å². The summed E-state index contributed by atoms with van der Waals surface area (Å²) in [5.41, 5.74) is 2.41. The van der Waals surface area contributed by atoms with Gasteiger partial charge < -0.3 is 20.1 Å². The van der Waals surface area contributed by atoms with Crippen LogP contribution in [0.25, 0.3) is 10.9 Å². The van der Waals surface area contributed by atoms with Crippen molar-refractivity contribution < 1.29 is 19.1 Å². The number of rotatable bonds is 9. The summed E-state index contributed by atoms with van der Waals surface area (Å²) in [5.74, 6) is 0.847. The Hall–Kier alpha value is -3.21. The summed E-state index contributed by atoms with van der Waals surface area (Å²) < 4.78 is 10.7. The highest BCUT2D eigenvalue weighted by atomic mass is 32.2. The summed E-state index contributed by atoms with van der Waals surface area (Å²) in [6.45, 7) is 5.53. The summed E-state index contributed by atoms with van der Waals surface area (Å²) in [7, 11) is 1.54. The molecule has 9 nitrogen and oxygen atoms in total. The number of nitrogens with one attached hydrogen (secondary N) is 2. The Kier molecular flexibility index (Phi) is 8.51. The summed E-state index contributed by atoms with van der Waals surface area (Å²) in [5, 5.41) is 7.11. The van der Waals surface area contributed by atoms with E-state index in [0.717, 1.165) is 40.4 Å². The first-order valence-electron chi connectivity index (χ1n) is 11.4. The van der Waals surface area contributed by atoms with Crippen LogP contribution in [0.3, 0.4) is 0 Å². The Morgan fingerprint density at radius 3 is 2.71 bits per heavy atom. The van der Waals surface area contributed by atoms with E-state index in [1.54, 1.807) is 13.2 Å². The largest absolute Gasteiger partial charge is 0.495 e. The number of benzene rings is 2. The van der Waals surface area contributed by atoms with Crippen molar-refractivity contribution in [3.8, 4) is 5.75 Å². The number of anilines is 1. The molecule has 2 heterocycles. The monoisotopic (exact) mass is 495 g/mol. The van der Waals surface area contributed by atoms with E-state index in [9.17, 15) is 9.59 Å². The fourth-order valence-corrected chi connectivity index (χ4v) is 4.58. The fraction of sp³-hybridized carbons (Fsp3) is 0.360. The normalized spacial score (nSPS) is 14.0. The van der Waals surface area contributed by atoms with Gasteiger partial charge in [0.2, 0.25) is 11.8 Å². The molecule has 0 bridgehead atoms. The molecular weight excluding hydrogens is 466 g/mol. The molecule has 0 saturated carbocycles. The molecule has 1 fully saturated rings. The minimum absolute atomic E-state index is 0.136. The van der Waals surface area contributed by atoms with Crippen LogP contribution in [-0.2, 0) is 20.9 Å². The Balaban J connectivity index is 1.35. The zero-order valence-corrected chi connectivity index (χ0v) is 20.7. The molecule has 0 atom stereocenters. The maximum atomic E-state index is 12.5. The number of thioether (sulfide) groups is 1. The smallest absolute Gasteiger partial charge is 0.243 e. The lowest BCUT2D eigenvalue weighted by atomic mass is 10.2. The Labute approximate surface area is 208 Å². The van der Waals surface area contributed by atoms with Crippen LogP contribution < -0.4 is 15.4 Å². The molecule has 0 radical (unpaired) electrons. The van der Waals surface area contributed by atoms with E-state index in [1.807, 2.05) is 43.3 Å². The van der Waals surface area contributed by atoms with Crippen LogP contribution in [0, 0.1) is 6.92 Å². The molecule has 2 amide bonds. The number of hydrogen-bond donors (Lipinski definition) is 2. The van der Waals surface area contributed by atoms with E-state index in [1.165, 1.54) is 11.8 Å². The summed E-state index contributed by atoms with van der Waals surface area (Å²) in [6.07, 6.45) is 0. The van der Waals surface area contributed by atoms with Gasteiger partial charge in [0.1, 0.15) is 16.6 Å². The number of aromatic nitrogens is 2. The molecule has 2 aromatic carbocycles. The Morgan fingerprint density at radius 2 is 1.91 bits per heavy atom. The number of fused-ring (bicyclic) bond motifs is 1. The highest BCUT2D eigenvalue weighted by Crippen LogP contribution is 2.26. The van der Waals surface area contributed by atoms with Crippen molar-refractivity contribution in [2.45, 2.75) is 18.5 Å². The van der Waals surface area contributed by atoms with Gasteiger partial charge in [0.05, 0.1) is 50.4 Å². The number of aryl methyl sites for hydroxylation is 1. The average Bonchev–Trinajstić information content (AvgIpc) is 2.87. The minimum Gasteiger partial charge on any atom is -0.495 e. The van der Waals surface area contributed by atoms with Crippen molar-refractivity contribution in [1.82, 2.24) is 20.2 Å². The van der Waals surface area contributed by atoms with Crippen LogP contribution in [0.15, 0.2) is 47.5 Å². The van der Waals surface area contributed by atoms with Crippen LogP contribution in [-0.4, -0.2) is 72.4 Å². The number of ether oxygens (including phenoxy) is 2. The topological polar surface area (TPSA) is 106 Å². The molecule has 10 heteroatoms. The van der Waals surface area contributed by atoms with Gasteiger partial charge in [0, 0.05) is 18.5 Å². The predicted octanol–water partition coefficient (Wildman–Crippen LogP) is 2.63. The van der Waals surface area contributed by atoms with E-state index in [4.69, 9.17) is 19.4 Å². The second kappa shape index (κ2) is 12.0. The number of carbonyl (C=O) groups excluding carboxylic acids is 2. The number of hydrogen-bond acceptors (Lipinski definition) is 8. The van der Waals surface area contributed by atoms with Crippen LogP contribution in [0.5, 0.6) is 5.75 Å². The second-order valence-electron chi connectivity index (χ2n) is 8.17. The predicted molar refractivity (Wildman–Crippen MR) is 136 cm³/mol. The van der Waals surface area contributed by atoms with Crippen molar-refractivity contribution in [3.63, 3.8) is 0 Å². The van der Waals surface area contributed by atoms with Gasteiger partial charge in [-0.2, -0.15) is 0 Å². The molecule has 0 aliphatic carbocycles. The Bertz CT molecular complexity index is 1200. The van der Waals surface area contributed by atoms with Gasteiger partial charge in [-0.15, -0.1) is 0 Å². The van der Waals surface area contributed by atoms with E-state index >= 15 is 0 Å². The van der Waals surface area contributed by atoms with E-state index < -0.39 is 0 Å². The quantitative estimate of drug-likeness (QED) is 0.345. The highest BCUT2D eigenvalue weighted by Gasteiger charge is 2.16. The molecular formula is C25H29N5O4S. The van der Waals surface area contributed by atoms with Crippen molar-refractivity contribution >= 4 is 40.2 Å². The molecule has 1 aromatic heterocycles. The molecule has 1 aliphatic rings. The lowest BCUT2D eigenvalue weighted by Gasteiger charge is -2.25. The summed E-state index contributed by atoms with van der Waals surface area (Å²) >= 11 is 1.34. The van der Waals surface area contributed by atoms with Gasteiger partial charge in [-0.1, -0.05) is 36.0 Å². The van der Waals surface area contributed by atoms with E-state index in [2.05, 4.69) is 15.5 Å². The maximum Gasteiger partial charge on any atom is 0.243 e. The molecule has 0 unspecified atom stereocenters. The third kappa shape index (κ3) is 6.91. The zero-order valence-electron chi connectivity index (χ0n) is 19.9. The third-order valence-corrected chi connectivity index (χ3v) is 6.49. The van der Waals surface area contributed by atoms with Gasteiger partial charge in [-0.3, -0.25) is 14.5 Å².